The molecule has 0 saturated heterocycles. The summed E-state index contributed by atoms with van der Waals surface area (Å²) in [6, 6.07) is 3.73. The van der Waals surface area contributed by atoms with Crippen LogP contribution in [0.3, 0.4) is 0 Å². The van der Waals surface area contributed by atoms with E-state index in [0.29, 0.717) is 9.99 Å². The van der Waals surface area contributed by atoms with Gasteiger partial charge in [-0.3, -0.25) is 10.1 Å². The highest BCUT2D eigenvalue weighted by atomic mass is 127. The van der Waals surface area contributed by atoms with Crippen LogP contribution in [0.25, 0.3) is 0 Å². The molecule has 0 heterocycles. The second kappa shape index (κ2) is 6.16. The number of benzene rings is 1. The molecule has 5 nitrogen and oxygen atoms in total. The Morgan fingerprint density at radius 1 is 1.50 bits per heavy atom. The van der Waals surface area contributed by atoms with Crippen LogP contribution in [0, 0.1) is 13.7 Å². The average Bonchev–Trinajstić information content (AvgIpc) is 2.28. The Balaban J connectivity index is 3.22. The Bertz CT molecular complexity index is 561. The largest absolute Gasteiger partial charge is 0.270 e. The quantitative estimate of drug-likeness (QED) is 0.328. The second-order valence-electron chi connectivity index (χ2n) is 3.71. The molecule has 1 atom stereocenters. The summed E-state index contributed by atoms with van der Waals surface area (Å²) in [5.41, 5.74) is -0.122. The van der Waals surface area contributed by atoms with Gasteiger partial charge in [-0.1, -0.05) is 0 Å². The van der Waals surface area contributed by atoms with Crippen LogP contribution in [0.2, 0.25) is 0 Å². The maximum atomic E-state index is 12.2. The lowest BCUT2D eigenvalue weighted by Crippen LogP contribution is -2.19. The van der Waals surface area contributed by atoms with Crippen molar-refractivity contribution in [3.05, 3.63) is 31.9 Å². The lowest BCUT2D eigenvalue weighted by molar-refractivity contribution is -0.385. The van der Waals surface area contributed by atoms with E-state index >= 15 is 0 Å². The van der Waals surface area contributed by atoms with E-state index in [1.165, 1.54) is 18.2 Å². The second-order valence-corrected chi connectivity index (χ2v) is 7.58. The Morgan fingerprint density at radius 2 is 2.11 bits per heavy atom. The van der Waals surface area contributed by atoms with Gasteiger partial charge in [0, 0.05) is 21.6 Å². The Morgan fingerprint density at radius 3 is 2.56 bits per heavy atom. The van der Waals surface area contributed by atoms with Crippen molar-refractivity contribution in [3.63, 3.8) is 0 Å². The van der Waals surface area contributed by atoms with E-state index in [1.54, 1.807) is 29.5 Å². The highest BCUT2D eigenvalue weighted by Gasteiger charge is 2.26. The van der Waals surface area contributed by atoms with Gasteiger partial charge in [-0.15, -0.1) is 11.6 Å². The fourth-order valence-electron chi connectivity index (χ4n) is 1.36. The number of non-ortho nitro benzene ring substituents is 1. The molecule has 0 aromatic heterocycles. The first kappa shape index (κ1) is 15.6. The van der Waals surface area contributed by atoms with Crippen molar-refractivity contribution in [3.8, 4) is 0 Å². The molecule has 0 aliphatic carbocycles. The highest BCUT2D eigenvalue weighted by molar-refractivity contribution is 14.1. The van der Waals surface area contributed by atoms with Gasteiger partial charge in [0.25, 0.3) is 5.69 Å². The third-order valence-electron chi connectivity index (χ3n) is 2.48. The van der Waals surface area contributed by atoms with Gasteiger partial charge in [-0.2, -0.15) is 0 Å². The maximum Gasteiger partial charge on any atom is 0.270 e. The number of hydrogen-bond donors (Lipinski definition) is 0. The summed E-state index contributed by atoms with van der Waals surface area (Å²) in [6.45, 7) is 1.58. The van der Waals surface area contributed by atoms with Crippen molar-refractivity contribution in [2.75, 3.05) is 5.88 Å². The van der Waals surface area contributed by atoms with E-state index in [4.69, 9.17) is 11.6 Å². The molecule has 0 bridgehead atoms. The molecule has 18 heavy (non-hydrogen) atoms. The van der Waals surface area contributed by atoms with Crippen LogP contribution in [0.1, 0.15) is 13.3 Å². The zero-order valence-electron chi connectivity index (χ0n) is 9.47. The smallest absolute Gasteiger partial charge is 0.258 e. The number of halogens is 2. The average molecular weight is 404 g/mol. The molecule has 0 spiro atoms. The zero-order valence-corrected chi connectivity index (χ0v) is 13.2. The van der Waals surface area contributed by atoms with Gasteiger partial charge in [0.15, 0.2) is 9.84 Å². The Kier molecular flexibility index (Phi) is 5.35. The van der Waals surface area contributed by atoms with Gasteiger partial charge < -0.3 is 0 Å². The summed E-state index contributed by atoms with van der Waals surface area (Å²) in [6.07, 6.45) is 0.344. The number of alkyl halides is 1. The molecule has 0 N–H and O–H groups in total. The van der Waals surface area contributed by atoms with Crippen LogP contribution in [-0.4, -0.2) is 24.5 Å². The number of sulfone groups is 1. The fourth-order valence-corrected chi connectivity index (χ4v) is 4.69. The van der Waals surface area contributed by atoms with Crippen molar-refractivity contribution in [1.82, 2.24) is 0 Å². The number of nitro benzene ring substituents is 1. The van der Waals surface area contributed by atoms with Gasteiger partial charge in [-0.25, -0.2) is 8.42 Å². The molecule has 0 amide bonds. The Labute approximate surface area is 124 Å². The predicted molar refractivity (Wildman–Crippen MR) is 77.8 cm³/mol. The third kappa shape index (κ3) is 3.33. The van der Waals surface area contributed by atoms with Crippen LogP contribution < -0.4 is 0 Å². The summed E-state index contributed by atoms with van der Waals surface area (Å²) in [5, 5.41) is 9.98. The van der Waals surface area contributed by atoms with Crippen LogP contribution in [0.15, 0.2) is 23.1 Å². The third-order valence-corrected chi connectivity index (χ3v) is 6.22. The molecular formula is C10H11ClINO4S. The fraction of sp³-hybridized carbons (Fsp3) is 0.400. The van der Waals surface area contributed by atoms with Gasteiger partial charge >= 0.3 is 0 Å². The van der Waals surface area contributed by atoms with Crippen molar-refractivity contribution >= 4 is 49.7 Å². The molecular weight excluding hydrogens is 393 g/mol. The van der Waals surface area contributed by atoms with Crippen molar-refractivity contribution in [2.45, 2.75) is 23.5 Å². The molecule has 100 valence electrons. The molecule has 8 heteroatoms. The van der Waals surface area contributed by atoms with Gasteiger partial charge in [0.1, 0.15) is 0 Å². The number of hydrogen-bond acceptors (Lipinski definition) is 4. The van der Waals surface area contributed by atoms with Crippen molar-refractivity contribution in [2.24, 2.45) is 0 Å². The molecule has 1 unspecified atom stereocenters. The van der Waals surface area contributed by atoms with Gasteiger partial charge in [0.2, 0.25) is 0 Å². The molecule has 0 fully saturated rings. The zero-order chi connectivity index (χ0) is 13.9. The number of rotatable bonds is 5. The summed E-state index contributed by atoms with van der Waals surface area (Å²) in [7, 11) is -3.49. The van der Waals surface area contributed by atoms with Crippen molar-refractivity contribution < 1.29 is 13.3 Å². The monoisotopic (exact) mass is 403 g/mol. The van der Waals surface area contributed by atoms with Crippen molar-refractivity contribution in [1.29, 1.82) is 0 Å². The number of nitro groups is 1. The first-order chi connectivity index (χ1) is 8.30. The molecule has 0 aliphatic heterocycles. The summed E-state index contributed by atoms with van der Waals surface area (Å²) in [5.74, 6) is 0.254. The normalized spacial score (nSPS) is 13.3. The predicted octanol–water partition coefficient (Wildman–Crippen LogP) is 2.99. The molecule has 0 radical (unpaired) electrons. The van der Waals surface area contributed by atoms with E-state index in [0.717, 1.165) is 0 Å². The van der Waals surface area contributed by atoms with E-state index in [1.807, 2.05) is 0 Å². The van der Waals surface area contributed by atoms with E-state index in [-0.39, 0.29) is 16.5 Å². The lowest BCUT2D eigenvalue weighted by Gasteiger charge is -2.12. The van der Waals surface area contributed by atoms with Gasteiger partial charge in [-0.05, 0) is 42.0 Å². The molecule has 1 aromatic carbocycles. The van der Waals surface area contributed by atoms with E-state index in [9.17, 15) is 18.5 Å². The van der Waals surface area contributed by atoms with Gasteiger partial charge in [0.05, 0.1) is 15.1 Å². The SMILES string of the molecule is CC(CCCl)S(=O)(=O)c1ccc([N+](=O)[O-])cc1I. The van der Waals surface area contributed by atoms with Crippen LogP contribution in [0.4, 0.5) is 5.69 Å². The standard InChI is InChI=1S/C10H11ClINO4S/c1-7(4-5-11)18(16,17)10-3-2-8(13(14)15)6-9(10)12/h2-3,6-7H,4-5H2,1H3. The van der Waals surface area contributed by atoms with Crippen LogP contribution >= 0.6 is 34.2 Å². The molecule has 0 saturated carbocycles. The van der Waals surface area contributed by atoms with E-state index in [2.05, 4.69) is 0 Å². The van der Waals surface area contributed by atoms with Crippen LogP contribution in [0.5, 0.6) is 0 Å². The molecule has 1 aromatic rings. The molecule has 1 rings (SSSR count). The first-order valence-corrected chi connectivity index (χ1v) is 8.20. The minimum Gasteiger partial charge on any atom is -0.258 e. The summed E-state index contributed by atoms with van der Waals surface area (Å²) >= 11 is 7.33. The van der Waals surface area contributed by atoms with Crippen LogP contribution in [-0.2, 0) is 9.84 Å². The summed E-state index contributed by atoms with van der Waals surface area (Å²) in [4.78, 5) is 10.1. The topological polar surface area (TPSA) is 77.3 Å². The van der Waals surface area contributed by atoms with E-state index < -0.39 is 20.0 Å². The molecule has 0 aliphatic rings. The minimum absolute atomic E-state index is 0.117. The Hall–Kier alpha value is -0.410. The highest BCUT2D eigenvalue weighted by Crippen LogP contribution is 2.27. The minimum atomic E-state index is -3.49. The summed E-state index contributed by atoms with van der Waals surface area (Å²) < 4.78 is 24.7. The lowest BCUT2D eigenvalue weighted by atomic mass is 10.3. The first-order valence-electron chi connectivity index (χ1n) is 5.04. The number of nitrogens with zero attached hydrogens (tertiary/aromatic N) is 1. The maximum absolute atomic E-state index is 12.2.